The van der Waals surface area contributed by atoms with Crippen molar-refractivity contribution in [2.24, 2.45) is 0 Å². The molecule has 0 aromatic heterocycles. The molecular weight excluding hydrogens is 265 g/mol. The molecule has 1 aliphatic rings. The first-order chi connectivity index (χ1) is 9.39. The minimum Gasteiger partial charge on any atom is -0.309 e. The Balaban J connectivity index is 2.04. The molecule has 2 atom stereocenters. The molecule has 1 saturated heterocycles. The molecule has 0 saturated carbocycles. The van der Waals surface area contributed by atoms with Gasteiger partial charge in [0.2, 0.25) is 0 Å². The number of hydrogen-bond acceptors (Lipinski definition) is 2. The van der Waals surface area contributed by atoms with E-state index in [1.165, 1.54) is 6.07 Å². The molecule has 2 nitrogen and oxygen atoms in total. The zero-order chi connectivity index (χ0) is 14.8. The summed E-state index contributed by atoms with van der Waals surface area (Å²) in [4.78, 5) is 2.26. The summed E-state index contributed by atoms with van der Waals surface area (Å²) in [6, 6.07) is 5.92. The second-order valence-electron chi connectivity index (χ2n) is 5.49. The molecule has 0 aliphatic carbocycles. The lowest BCUT2D eigenvalue weighted by Crippen LogP contribution is -2.36. The first kappa shape index (κ1) is 15.3. The molecule has 0 radical (unpaired) electrons. The summed E-state index contributed by atoms with van der Waals surface area (Å²) in [6.45, 7) is 3.59. The Kier molecular flexibility index (Phi) is 4.70. The number of benzene rings is 1. The molecule has 0 spiro atoms. The summed E-state index contributed by atoms with van der Waals surface area (Å²) < 4.78 is 38.9. The Morgan fingerprint density at radius 1 is 1.35 bits per heavy atom. The Morgan fingerprint density at radius 2 is 2.05 bits per heavy atom. The third kappa shape index (κ3) is 3.52. The van der Waals surface area contributed by atoms with Gasteiger partial charge in [-0.25, -0.2) is 0 Å². The fraction of sp³-hybridized carbons (Fsp3) is 0.600. The fourth-order valence-corrected chi connectivity index (χ4v) is 2.79. The topological polar surface area (TPSA) is 15.3 Å². The van der Waals surface area contributed by atoms with Crippen LogP contribution in [-0.4, -0.2) is 31.1 Å². The van der Waals surface area contributed by atoms with E-state index in [0.29, 0.717) is 11.6 Å². The van der Waals surface area contributed by atoms with Crippen LogP contribution < -0.4 is 5.32 Å². The van der Waals surface area contributed by atoms with Gasteiger partial charge >= 0.3 is 6.18 Å². The Labute approximate surface area is 118 Å². The van der Waals surface area contributed by atoms with E-state index in [-0.39, 0.29) is 6.04 Å². The van der Waals surface area contributed by atoms with Gasteiger partial charge in [0.15, 0.2) is 0 Å². The summed E-state index contributed by atoms with van der Waals surface area (Å²) in [5.74, 6) is 0. The lowest BCUT2D eigenvalue weighted by atomic mass is 10.0. The van der Waals surface area contributed by atoms with Crippen molar-refractivity contribution in [1.29, 1.82) is 0 Å². The Morgan fingerprint density at radius 3 is 2.65 bits per heavy atom. The zero-order valence-electron chi connectivity index (χ0n) is 11.9. The maximum atomic E-state index is 13.0. The number of halogens is 3. The van der Waals surface area contributed by atoms with Crippen LogP contribution in [0.5, 0.6) is 0 Å². The summed E-state index contributed by atoms with van der Waals surface area (Å²) in [7, 11) is 2.06. The number of nitrogens with one attached hydrogen (secondary N) is 1. The highest BCUT2D eigenvalue weighted by molar-refractivity contribution is 5.32. The molecule has 1 fully saturated rings. The van der Waals surface area contributed by atoms with E-state index in [0.717, 1.165) is 32.0 Å². The highest BCUT2D eigenvalue weighted by Crippen LogP contribution is 2.34. The van der Waals surface area contributed by atoms with Crippen molar-refractivity contribution < 1.29 is 13.2 Å². The number of likely N-dealkylation sites (tertiary alicyclic amines) is 1. The molecule has 1 N–H and O–H groups in total. The average molecular weight is 286 g/mol. The van der Waals surface area contributed by atoms with Gasteiger partial charge in [-0.15, -0.1) is 0 Å². The van der Waals surface area contributed by atoms with Crippen LogP contribution in [0.25, 0.3) is 0 Å². The second kappa shape index (κ2) is 6.14. The van der Waals surface area contributed by atoms with Crippen molar-refractivity contribution in [3.8, 4) is 0 Å². The molecule has 1 aromatic carbocycles. The lowest BCUT2D eigenvalue weighted by Gasteiger charge is -2.24. The van der Waals surface area contributed by atoms with Crippen LogP contribution in [0.1, 0.15) is 36.9 Å². The van der Waals surface area contributed by atoms with Gasteiger partial charge in [-0.05, 0) is 45.0 Å². The van der Waals surface area contributed by atoms with E-state index < -0.39 is 11.7 Å². The highest BCUT2D eigenvalue weighted by atomic mass is 19.4. The second-order valence-corrected chi connectivity index (χ2v) is 5.49. The predicted octanol–water partition coefficient (Wildman–Crippen LogP) is 3.45. The molecule has 1 heterocycles. The number of rotatable bonds is 4. The van der Waals surface area contributed by atoms with Crippen molar-refractivity contribution in [2.75, 3.05) is 20.1 Å². The van der Waals surface area contributed by atoms with Crippen LogP contribution in [0, 0.1) is 0 Å². The highest BCUT2D eigenvalue weighted by Gasteiger charge is 2.34. The Hall–Kier alpha value is -1.07. The van der Waals surface area contributed by atoms with Gasteiger partial charge < -0.3 is 10.2 Å². The monoisotopic (exact) mass is 286 g/mol. The van der Waals surface area contributed by atoms with Crippen LogP contribution >= 0.6 is 0 Å². The number of hydrogen-bond donors (Lipinski definition) is 1. The molecule has 1 aliphatic heterocycles. The van der Waals surface area contributed by atoms with Gasteiger partial charge in [-0.2, -0.15) is 13.2 Å². The number of nitrogens with zero attached hydrogens (tertiary/aromatic N) is 1. The van der Waals surface area contributed by atoms with Crippen molar-refractivity contribution in [3.63, 3.8) is 0 Å². The van der Waals surface area contributed by atoms with Gasteiger partial charge in [0.1, 0.15) is 0 Å². The summed E-state index contributed by atoms with van der Waals surface area (Å²) in [5.41, 5.74) is -0.222. The maximum Gasteiger partial charge on any atom is 0.416 e. The van der Waals surface area contributed by atoms with Gasteiger partial charge in [-0.3, -0.25) is 0 Å². The molecule has 112 valence electrons. The first-order valence-corrected chi connectivity index (χ1v) is 6.99. The quantitative estimate of drug-likeness (QED) is 0.912. The van der Waals surface area contributed by atoms with E-state index in [1.807, 2.05) is 0 Å². The molecule has 20 heavy (non-hydrogen) atoms. The largest absolute Gasteiger partial charge is 0.416 e. The average Bonchev–Trinajstić information content (AvgIpc) is 2.80. The molecule has 2 rings (SSSR count). The number of likely N-dealkylation sites (N-methyl/N-ethyl adjacent to an activating group) is 1. The lowest BCUT2D eigenvalue weighted by molar-refractivity contribution is -0.138. The maximum absolute atomic E-state index is 13.0. The normalized spacial score (nSPS) is 22.1. The number of alkyl halides is 3. The molecule has 0 bridgehead atoms. The van der Waals surface area contributed by atoms with Gasteiger partial charge in [0.25, 0.3) is 0 Å². The third-order valence-corrected chi connectivity index (χ3v) is 4.06. The van der Waals surface area contributed by atoms with E-state index >= 15 is 0 Å². The predicted molar refractivity (Wildman–Crippen MR) is 73.5 cm³/mol. The SMILES string of the molecule is CC(NCC1CCCN1C)c1ccccc1C(F)(F)F. The van der Waals surface area contributed by atoms with E-state index in [4.69, 9.17) is 0 Å². The van der Waals surface area contributed by atoms with Gasteiger partial charge in [0, 0.05) is 18.6 Å². The zero-order valence-corrected chi connectivity index (χ0v) is 11.9. The van der Waals surface area contributed by atoms with Crippen LogP contribution in [0.15, 0.2) is 24.3 Å². The molecule has 2 unspecified atom stereocenters. The first-order valence-electron chi connectivity index (χ1n) is 6.99. The van der Waals surface area contributed by atoms with E-state index in [1.54, 1.807) is 19.1 Å². The molecular formula is C15H21F3N2. The van der Waals surface area contributed by atoms with Crippen LogP contribution in [0.3, 0.4) is 0 Å². The third-order valence-electron chi connectivity index (χ3n) is 4.06. The molecule has 0 amide bonds. The van der Waals surface area contributed by atoms with E-state index in [2.05, 4.69) is 17.3 Å². The summed E-state index contributed by atoms with van der Waals surface area (Å²) in [5, 5.41) is 3.24. The minimum atomic E-state index is -4.29. The fourth-order valence-electron chi connectivity index (χ4n) is 2.79. The van der Waals surface area contributed by atoms with Crippen molar-refractivity contribution >= 4 is 0 Å². The van der Waals surface area contributed by atoms with Crippen molar-refractivity contribution in [2.45, 2.75) is 38.0 Å². The van der Waals surface area contributed by atoms with Crippen molar-refractivity contribution in [1.82, 2.24) is 10.2 Å². The van der Waals surface area contributed by atoms with Gasteiger partial charge in [-0.1, -0.05) is 18.2 Å². The smallest absolute Gasteiger partial charge is 0.309 e. The standard InChI is InChI=1S/C15H21F3N2/c1-11(19-10-12-6-5-9-20(12)2)13-7-3-4-8-14(13)15(16,17)18/h3-4,7-8,11-12,19H,5-6,9-10H2,1-2H3. The Bertz CT molecular complexity index is 445. The summed E-state index contributed by atoms with van der Waals surface area (Å²) >= 11 is 0. The van der Waals surface area contributed by atoms with Crippen LogP contribution in [-0.2, 0) is 6.18 Å². The minimum absolute atomic E-state index is 0.304. The van der Waals surface area contributed by atoms with Crippen LogP contribution in [0.4, 0.5) is 13.2 Å². The molecule has 5 heteroatoms. The van der Waals surface area contributed by atoms with E-state index in [9.17, 15) is 13.2 Å². The molecule has 1 aromatic rings. The summed E-state index contributed by atoms with van der Waals surface area (Å²) in [6.07, 6.45) is -2.02. The van der Waals surface area contributed by atoms with Crippen molar-refractivity contribution in [3.05, 3.63) is 35.4 Å². The van der Waals surface area contributed by atoms with Gasteiger partial charge in [0.05, 0.1) is 5.56 Å². The van der Waals surface area contributed by atoms with Crippen LogP contribution in [0.2, 0.25) is 0 Å².